The van der Waals surface area contributed by atoms with Gasteiger partial charge in [0.2, 0.25) is 5.91 Å². The number of carbonyl (C=O) groups excluding carboxylic acids is 1. The Morgan fingerprint density at radius 1 is 1.47 bits per heavy atom. The molecule has 0 saturated carbocycles. The maximum absolute atomic E-state index is 11.7. The molecule has 1 saturated heterocycles. The van der Waals surface area contributed by atoms with Gasteiger partial charge >= 0.3 is 0 Å². The number of nitrogens with zero attached hydrogens (tertiary/aromatic N) is 2. The highest BCUT2D eigenvalue weighted by atomic mass is 32.2. The molecule has 0 radical (unpaired) electrons. The first-order valence-electron chi connectivity index (χ1n) is 5.65. The van der Waals surface area contributed by atoms with Gasteiger partial charge in [-0.15, -0.1) is 0 Å². The van der Waals surface area contributed by atoms with Crippen molar-refractivity contribution in [1.29, 1.82) is 0 Å². The van der Waals surface area contributed by atoms with Gasteiger partial charge in [-0.05, 0) is 6.42 Å². The van der Waals surface area contributed by atoms with Crippen LogP contribution in [0.3, 0.4) is 0 Å². The maximum Gasteiger partial charge on any atom is 0.230 e. The summed E-state index contributed by atoms with van der Waals surface area (Å²) in [6.07, 6.45) is 3.45. The maximum atomic E-state index is 11.7. The molecule has 7 nitrogen and oxygen atoms in total. The van der Waals surface area contributed by atoms with Crippen molar-refractivity contribution in [3.8, 4) is 0 Å². The molecule has 104 valence electrons. The molecular formula is C10H14N4O3S2. The normalized spacial score (nSPS) is 21.2. The van der Waals surface area contributed by atoms with Crippen molar-refractivity contribution in [2.24, 2.45) is 0 Å². The lowest BCUT2D eigenvalue weighted by Crippen LogP contribution is -2.36. The van der Waals surface area contributed by atoms with Crippen LogP contribution in [0.1, 0.15) is 6.42 Å². The van der Waals surface area contributed by atoms with E-state index in [-0.39, 0.29) is 35.0 Å². The largest absolute Gasteiger partial charge is 0.381 e. The third-order valence-corrected chi connectivity index (χ3v) is 5.39. The summed E-state index contributed by atoms with van der Waals surface area (Å²) in [6.45, 7) is 0. The zero-order valence-electron chi connectivity index (χ0n) is 10.1. The first-order chi connectivity index (χ1) is 8.96. The molecule has 9 heteroatoms. The van der Waals surface area contributed by atoms with Crippen LogP contribution in [-0.4, -0.2) is 47.6 Å². The van der Waals surface area contributed by atoms with Gasteiger partial charge in [0.05, 0.1) is 17.3 Å². The van der Waals surface area contributed by atoms with E-state index < -0.39 is 9.84 Å². The average Bonchev–Trinajstić information content (AvgIpc) is 2.67. The minimum absolute atomic E-state index is 0.0245. The minimum Gasteiger partial charge on any atom is -0.381 e. The first kappa shape index (κ1) is 14.1. The predicted molar refractivity (Wildman–Crippen MR) is 72.4 cm³/mol. The number of sulfone groups is 1. The van der Waals surface area contributed by atoms with Gasteiger partial charge in [0.1, 0.15) is 5.03 Å². The molecule has 3 N–H and O–H groups in total. The Balaban J connectivity index is 1.81. The summed E-state index contributed by atoms with van der Waals surface area (Å²) in [6, 6.07) is -0.280. The van der Waals surface area contributed by atoms with Gasteiger partial charge < -0.3 is 11.1 Å². The van der Waals surface area contributed by atoms with Crippen LogP contribution in [0.5, 0.6) is 0 Å². The fourth-order valence-corrected chi connectivity index (χ4v) is 4.12. The molecule has 1 atom stereocenters. The average molecular weight is 302 g/mol. The van der Waals surface area contributed by atoms with E-state index >= 15 is 0 Å². The molecule has 1 amide bonds. The number of amides is 1. The molecule has 1 aromatic heterocycles. The molecule has 1 aliphatic heterocycles. The lowest BCUT2D eigenvalue weighted by atomic mass is 10.3. The van der Waals surface area contributed by atoms with Gasteiger partial charge in [0, 0.05) is 18.4 Å². The summed E-state index contributed by atoms with van der Waals surface area (Å²) >= 11 is 1.18. The summed E-state index contributed by atoms with van der Waals surface area (Å²) in [4.78, 5) is 19.5. The molecule has 2 rings (SSSR count). The molecule has 2 heterocycles. The number of hydrogen-bond acceptors (Lipinski definition) is 7. The van der Waals surface area contributed by atoms with E-state index in [9.17, 15) is 13.2 Å². The van der Waals surface area contributed by atoms with Crippen LogP contribution < -0.4 is 11.1 Å². The molecule has 0 bridgehead atoms. The van der Waals surface area contributed by atoms with Crippen LogP contribution in [-0.2, 0) is 14.6 Å². The summed E-state index contributed by atoms with van der Waals surface area (Å²) in [5.74, 6) is 0.360. The second kappa shape index (κ2) is 5.74. The van der Waals surface area contributed by atoms with Gasteiger partial charge in [-0.3, -0.25) is 4.79 Å². The van der Waals surface area contributed by atoms with E-state index in [1.54, 1.807) is 0 Å². The quantitative estimate of drug-likeness (QED) is 0.717. The zero-order valence-corrected chi connectivity index (χ0v) is 11.7. The highest BCUT2D eigenvalue weighted by Gasteiger charge is 2.28. The molecule has 0 aliphatic carbocycles. The van der Waals surface area contributed by atoms with Gasteiger partial charge in [0.25, 0.3) is 0 Å². The Morgan fingerprint density at radius 3 is 2.84 bits per heavy atom. The Hall–Kier alpha value is -1.35. The van der Waals surface area contributed by atoms with Crippen molar-refractivity contribution in [1.82, 2.24) is 15.3 Å². The fraction of sp³-hybridized carbons (Fsp3) is 0.500. The molecule has 1 aliphatic rings. The topological polar surface area (TPSA) is 115 Å². The van der Waals surface area contributed by atoms with Crippen LogP contribution in [0, 0.1) is 0 Å². The molecular weight excluding hydrogens is 288 g/mol. The number of nitrogens with two attached hydrogens (primary N) is 1. The van der Waals surface area contributed by atoms with Crippen LogP contribution in [0.4, 0.5) is 5.82 Å². The van der Waals surface area contributed by atoms with Crippen LogP contribution in [0.2, 0.25) is 0 Å². The van der Waals surface area contributed by atoms with E-state index in [1.165, 1.54) is 24.2 Å². The Bertz CT molecular complexity index is 576. The van der Waals surface area contributed by atoms with Gasteiger partial charge in [-0.2, -0.15) is 0 Å². The highest BCUT2D eigenvalue weighted by molar-refractivity contribution is 8.00. The van der Waals surface area contributed by atoms with E-state index in [0.29, 0.717) is 11.4 Å². The lowest BCUT2D eigenvalue weighted by Gasteiger charge is -2.10. The number of hydrogen-bond donors (Lipinski definition) is 2. The molecule has 1 fully saturated rings. The smallest absolute Gasteiger partial charge is 0.230 e. The van der Waals surface area contributed by atoms with Crippen LogP contribution in [0.25, 0.3) is 0 Å². The zero-order chi connectivity index (χ0) is 13.9. The number of thioether (sulfide) groups is 1. The Labute approximate surface area is 115 Å². The third-order valence-electron chi connectivity index (χ3n) is 2.63. The van der Waals surface area contributed by atoms with Gasteiger partial charge in [-0.1, -0.05) is 11.8 Å². The van der Waals surface area contributed by atoms with E-state index in [1.807, 2.05) is 0 Å². The number of carbonyl (C=O) groups is 1. The number of aromatic nitrogens is 2. The number of nitrogen functional groups attached to an aromatic ring is 1. The summed E-state index contributed by atoms with van der Waals surface area (Å²) < 4.78 is 22.5. The standard InChI is InChI=1S/C10H14N4O3S2/c11-9-10(13-3-2-12-9)18-5-8(15)14-7-1-4-19(16,17)6-7/h2-3,7H,1,4-6H2,(H2,11,12)(H,14,15). The van der Waals surface area contributed by atoms with E-state index in [4.69, 9.17) is 5.73 Å². The monoisotopic (exact) mass is 302 g/mol. The van der Waals surface area contributed by atoms with Crippen LogP contribution in [0.15, 0.2) is 17.4 Å². The molecule has 0 aromatic carbocycles. The summed E-state index contributed by atoms with van der Waals surface area (Å²) in [5.41, 5.74) is 5.60. The highest BCUT2D eigenvalue weighted by Crippen LogP contribution is 2.19. The predicted octanol–water partition coefficient (Wildman–Crippen LogP) is -0.546. The van der Waals surface area contributed by atoms with Crippen molar-refractivity contribution in [2.75, 3.05) is 23.0 Å². The van der Waals surface area contributed by atoms with Crippen molar-refractivity contribution in [3.05, 3.63) is 12.4 Å². The van der Waals surface area contributed by atoms with E-state index in [0.717, 1.165) is 0 Å². The molecule has 19 heavy (non-hydrogen) atoms. The number of rotatable bonds is 4. The fourth-order valence-electron chi connectivity index (χ4n) is 1.76. The second-order valence-corrected chi connectivity index (χ2v) is 7.40. The lowest BCUT2D eigenvalue weighted by molar-refractivity contribution is -0.119. The second-order valence-electron chi connectivity index (χ2n) is 4.20. The van der Waals surface area contributed by atoms with Gasteiger partial charge in [0.15, 0.2) is 15.7 Å². The van der Waals surface area contributed by atoms with Crippen molar-refractivity contribution >= 4 is 33.3 Å². The van der Waals surface area contributed by atoms with Gasteiger partial charge in [-0.25, -0.2) is 18.4 Å². The van der Waals surface area contributed by atoms with Crippen LogP contribution >= 0.6 is 11.8 Å². The molecule has 1 aromatic rings. The SMILES string of the molecule is Nc1nccnc1SCC(=O)NC1CCS(=O)(=O)C1. The third kappa shape index (κ3) is 4.06. The Kier molecular flexibility index (Phi) is 4.25. The van der Waals surface area contributed by atoms with Crippen molar-refractivity contribution in [3.63, 3.8) is 0 Å². The Morgan fingerprint density at radius 2 is 2.21 bits per heavy atom. The first-order valence-corrected chi connectivity index (χ1v) is 8.46. The summed E-state index contributed by atoms with van der Waals surface area (Å²) in [7, 11) is -2.98. The van der Waals surface area contributed by atoms with Crippen molar-refractivity contribution < 1.29 is 13.2 Å². The van der Waals surface area contributed by atoms with E-state index in [2.05, 4.69) is 15.3 Å². The summed E-state index contributed by atoms with van der Waals surface area (Å²) in [5, 5.41) is 3.19. The number of anilines is 1. The number of nitrogens with one attached hydrogen (secondary N) is 1. The minimum atomic E-state index is -2.98. The van der Waals surface area contributed by atoms with Crippen molar-refractivity contribution in [2.45, 2.75) is 17.5 Å². The molecule has 1 unspecified atom stereocenters. The molecule has 0 spiro atoms.